The summed E-state index contributed by atoms with van der Waals surface area (Å²) in [7, 11) is 0. The van der Waals surface area contributed by atoms with Gasteiger partial charge in [0.25, 0.3) is 0 Å². The zero-order valence-corrected chi connectivity index (χ0v) is 8.03. The van der Waals surface area contributed by atoms with Gasteiger partial charge in [0, 0.05) is 13.1 Å². The molecule has 3 nitrogen and oxygen atoms in total. The Kier molecular flexibility index (Phi) is 5.04. The first kappa shape index (κ1) is 15.0. The fourth-order valence-corrected chi connectivity index (χ4v) is 0.947. The molecule has 0 heterocycles. The molecular formula is C7H10F6N2O. The molecule has 0 aliphatic rings. The van der Waals surface area contributed by atoms with E-state index in [1.54, 1.807) is 0 Å². The fourth-order valence-electron chi connectivity index (χ4n) is 0.947. The lowest BCUT2D eigenvalue weighted by molar-refractivity contribution is -0.176. The first-order valence-electron chi connectivity index (χ1n) is 4.16. The van der Waals surface area contributed by atoms with Gasteiger partial charge in [-0.25, -0.2) is 0 Å². The van der Waals surface area contributed by atoms with Gasteiger partial charge in [0.05, 0.1) is 0 Å². The van der Waals surface area contributed by atoms with Crippen molar-refractivity contribution in [3.8, 4) is 0 Å². The number of rotatable bonds is 4. The Balaban J connectivity index is 4.47. The van der Waals surface area contributed by atoms with E-state index in [-0.39, 0.29) is 11.4 Å². The van der Waals surface area contributed by atoms with E-state index in [9.17, 15) is 31.1 Å². The highest BCUT2D eigenvalue weighted by atomic mass is 19.4. The van der Waals surface area contributed by atoms with Crippen LogP contribution in [0.2, 0.25) is 0 Å². The summed E-state index contributed by atoms with van der Waals surface area (Å²) >= 11 is 0. The third kappa shape index (κ3) is 7.32. The molecule has 0 aromatic carbocycles. The Morgan fingerprint density at radius 3 is 1.88 bits per heavy atom. The largest absolute Gasteiger partial charge is 0.406 e. The molecule has 0 aromatic heterocycles. The Bertz CT molecular complexity index is 236. The second-order valence-electron chi connectivity index (χ2n) is 3.01. The smallest absolute Gasteiger partial charge is 0.332 e. The van der Waals surface area contributed by atoms with E-state index in [1.165, 1.54) is 0 Å². The molecule has 0 rings (SSSR count). The SMILES string of the molecule is NCCN(CC(F)(F)F)C(=O)CC(F)(F)F. The Morgan fingerprint density at radius 1 is 1.06 bits per heavy atom. The number of carbonyl (C=O) groups excluding carboxylic acids is 1. The minimum absolute atomic E-state index is 0.0491. The fraction of sp³-hybridized carbons (Fsp3) is 0.857. The quantitative estimate of drug-likeness (QED) is 0.766. The highest BCUT2D eigenvalue weighted by molar-refractivity contribution is 5.76. The van der Waals surface area contributed by atoms with E-state index in [4.69, 9.17) is 5.73 Å². The molecule has 1 amide bonds. The summed E-state index contributed by atoms with van der Waals surface area (Å²) in [6, 6.07) is 0. The van der Waals surface area contributed by atoms with E-state index < -0.39 is 37.8 Å². The van der Waals surface area contributed by atoms with Crippen molar-refractivity contribution >= 4 is 5.91 Å². The molecule has 16 heavy (non-hydrogen) atoms. The van der Waals surface area contributed by atoms with Crippen molar-refractivity contribution < 1.29 is 31.1 Å². The minimum atomic E-state index is -4.82. The van der Waals surface area contributed by atoms with Crippen LogP contribution in [0.4, 0.5) is 26.3 Å². The van der Waals surface area contributed by atoms with Crippen LogP contribution in [0.1, 0.15) is 6.42 Å². The number of nitrogens with zero attached hydrogens (tertiary/aromatic N) is 1. The van der Waals surface area contributed by atoms with E-state index in [2.05, 4.69) is 0 Å². The third-order valence-electron chi connectivity index (χ3n) is 1.47. The molecule has 0 aromatic rings. The summed E-state index contributed by atoms with van der Waals surface area (Å²) < 4.78 is 71.1. The van der Waals surface area contributed by atoms with E-state index in [1.807, 2.05) is 0 Å². The number of halogens is 6. The molecule has 0 bridgehead atoms. The van der Waals surface area contributed by atoms with Crippen molar-refractivity contribution in [2.75, 3.05) is 19.6 Å². The average Bonchev–Trinajstić information content (AvgIpc) is 1.97. The summed E-state index contributed by atoms with van der Waals surface area (Å²) in [6.45, 7) is -2.62. The summed E-state index contributed by atoms with van der Waals surface area (Å²) in [5.41, 5.74) is 4.91. The summed E-state index contributed by atoms with van der Waals surface area (Å²) in [4.78, 5) is 10.9. The topological polar surface area (TPSA) is 46.3 Å². The van der Waals surface area contributed by atoms with Gasteiger partial charge in [-0.05, 0) is 0 Å². The Labute approximate surface area is 87.2 Å². The third-order valence-corrected chi connectivity index (χ3v) is 1.47. The Morgan fingerprint density at radius 2 is 1.56 bits per heavy atom. The molecule has 0 aliphatic heterocycles. The van der Waals surface area contributed by atoms with Gasteiger partial charge < -0.3 is 10.6 Å². The monoisotopic (exact) mass is 252 g/mol. The van der Waals surface area contributed by atoms with Gasteiger partial charge >= 0.3 is 12.4 Å². The molecule has 0 saturated carbocycles. The second-order valence-corrected chi connectivity index (χ2v) is 3.01. The summed E-state index contributed by atoms with van der Waals surface area (Å²) in [6.07, 6.45) is -11.5. The van der Waals surface area contributed by atoms with Crippen molar-refractivity contribution in [3.63, 3.8) is 0 Å². The first-order chi connectivity index (χ1) is 7.05. The van der Waals surface area contributed by atoms with E-state index in [0.717, 1.165) is 0 Å². The van der Waals surface area contributed by atoms with Crippen molar-refractivity contribution in [3.05, 3.63) is 0 Å². The number of hydrogen-bond donors (Lipinski definition) is 1. The summed E-state index contributed by atoms with van der Waals surface area (Å²) in [5.74, 6) is -1.63. The van der Waals surface area contributed by atoms with Gasteiger partial charge in [-0.1, -0.05) is 0 Å². The predicted molar refractivity (Wildman–Crippen MR) is 42.4 cm³/mol. The van der Waals surface area contributed by atoms with E-state index in [0.29, 0.717) is 0 Å². The normalized spacial score (nSPS) is 12.7. The molecule has 2 N–H and O–H groups in total. The standard InChI is InChI=1S/C7H10F6N2O/c8-6(9,10)3-5(16)15(2-1-14)4-7(11,12)13/h1-4,14H2. The van der Waals surface area contributed by atoms with Crippen LogP contribution in [-0.2, 0) is 4.79 Å². The molecule has 9 heteroatoms. The van der Waals surface area contributed by atoms with Gasteiger partial charge in [-0.2, -0.15) is 26.3 Å². The maximum absolute atomic E-state index is 11.9. The molecule has 96 valence electrons. The zero-order chi connectivity index (χ0) is 13.0. The lowest BCUT2D eigenvalue weighted by Gasteiger charge is -2.23. The molecular weight excluding hydrogens is 242 g/mol. The van der Waals surface area contributed by atoms with Crippen molar-refractivity contribution in [1.82, 2.24) is 4.90 Å². The number of alkyl halides is 6. The molecule has 0 fully saturated rings. The molecule has 0 atom stereocenters. The summed E-state index contributed by atoms with van der Waals surface area (Å²) in [5, 5.41) is 0. The number of amides is 1. The lowest BCUT2D eigenvalue weighted by Crippen LogP contribution is -2.43. The molecule has 0 spiro atoms. The lowest BCUT2D eigenvalue weighted by atomic mass is 10.3. The van der Waals surface area contributed by atoms with Crippen molar-refractivity contribution in [2.45, 2.75) is 18.8 Å². The highest BCUT2D eigenvalue weighted by Crippen LogP contribution is 2.22. The van der Waals surface area contributed by atoms with Gasteiger partial charge in [-0.15, -0.1) is 0 Å². The number of carbonyl (C=O) groups is 1. The van der Waals surface area contributed by atoms with Crippen molar-refractivity contribution in [2.24, 2.45) is 5.73 Å². The van der Waals surface area contributed by atoms with Crippen LogP contribution >= 0.6 is 0 Å². The molecule has 0 unspecified atom stereocenters. The highest BCUT2D eigenvalue weighted by Gasteiger charge is 2.37. The van der Waals surface area contributed by atoms with Crippen LogP contribution in [-0.4, -0.2) is 42.8 Å². The predicted octanol–water partition coefficient (Wildman–Crippen LogP) is 1.29. The minimum Gasteiger partial charge on any atom is -0.332 e. The van der Waals surface area contributed by atoms with Crippen LogP contribution in [0.15, 0.2) is 0 Å². The maximum Gasteiger partial charge on any atom is 0.406 e. The molecule has 0 radical (unpaired) electrons. The van der Waals surface area contributed by atoms with Crippen LogP contribution < -0.4 is 5.73 Å². The van der Waals surface area contributed by atoms with Crippen LogP contribution in [0.5, 0.6) is 0 Å². The van der Waals surface area contributed by atoms with Gasteiger partial charge in [0.1, 0.15) is 13.0 Å². The van der Waals surface area contributed by atoms with Crippen LogP contribution in [0, 0.1) is 0 Å². The second kappa shape index (κ2) is 5.37. The number of nitrogens with two attached hydrogens (primary N) is 1. The average molecular weight is 252 g/mol. The maximum atomic E-state index is 11.9. The van der Waals surface area contributed by atoms with Gasteiger partial charge in [0.15, 0.2) is 0 Å². The number of hydrogen-bond acceptors (Lipinski definition) is 2. The van der Waals surface area contributed by atoms with Crippen molar-refractivity contribution in [1.29, 1.82) is 0 Å². The Hall–Kier alpha value is -0.990. The van der Waals surface area contributed by atoms with Crippen LogP contribution in [0.3, 0.4) is 0 Å². The first-order valence-corrected chi connectivity index (χ1v) is 4.16. The molecule has 0 saturated heterocycles. The van der Waals surface area contributed by atoms with Gasteiger partial charge in [-0.3, -0.25) is 4.79 Å². The van der Waals surface area contributed by atoms with Gasteiger partial charge in [0.2, 0.25) is 5.91 Å². The molecule has 0 aliphatic carbocycles. The zero-order valence-electron chi connectivity index (χ0n) is 8.03. The van der Waals surface area contributed by atoms with E-state index >= 15 is 0 Å². The van der Waals surface area contributed by atoms with Crippen LogP contribution in [0.25, 0.3) is 0 Å².